The SMILES string of the molecule is NNC(=O)c1occc1COCC1CCCC1. The Morgan fingerprint density at radius 2 is 2.29 bits per heavy atom. The van der Waals surface area contributed by atoms with Crippen molar-refractivity contribution in [1.82, 2.24) is 5.43 Å². The lowest BCUT2D eigenvalue weighted by molar-refractivity contribution is 0.0836. The molecule has 1 saturated carbocycles. The van der Waals surface area contributed by atoms with E-state index in [1.807, 2.05) is 0 Å². The van der Waals surface area contributed by atoms with Crippen LogP contribution in [0.4, 0.5) is 0 Å². The highest BCUT2D eigenvalue weighted by molar-refractivity contribution is 5.92. The first-order chi connectivity index (χ1) is 8.31. The van der Waals surface area contributed by atoms with Gasteiger partial charge in [-0.15, -0.1) is 0 Å². The zero-order valence-electron chi connectivity index (χ0n) is 9.78. The van der Waals surface area contributed by atoms with E-state index in [9.17, 15) is 4.79 Å². The van der Waals surface area contributed by atoms with E-state index in [1.54, 1.807) is 6.07 Å². The molecule has 0 spiro atoms. The molecule has 0 unspecified atom stereocenters. The standard InChI is InChI=1S/C12H18N2O3/c13-14-12(15)11-10(5-6-17-11)8-16-7-9-3-1-2-4-9/h5-6,9H,1-4,7-8,13H2,(H,14,15). The van der Waals surface area contributed by atoms with Crippen molar-refractivity contribution in [1.29, 1.82) is 0 Å². The third kappa shape index (κ3) is 3.08. The maximum atomic E-state index is 11.3. The Balaban J connectivity index is 1.82. The summed E-state index contributed by atoms with van der Waals surface area (Å²) in [7, 11) is 0. The molecule has 5 heteroatoms. The number of nitrogens with two attached hydrogens (primary N) is 1. The minimum Gasteiger partial charge on any atom is -0.459 e. The van der Waals surface area contributed by atoms with Crippen LogP contribution in [0.2, 0.25) is 0 Å². The fraction of sp³-hybridized carbons (Fsp3) is 0.583. The largest absolute Gasteiger partial charge is 0.459 e. The molecule has 1 aromatic heterocycles. The smallest absolute Gasteiger partial charge is 0.301 e. The van der Waals surface area contributed by atoms with Crippen LogP contribution < -0.4 is 11.3 Å². The second-order valence-electron chi connectivity index (χ2n) is 4.41. The highest BCUT2D eigenvalue weighted by Crippen LogP contribution is 2.25. The Morgan fingerprint density at radius 1 is 1.53 bits per heavy atom. The molecule has 1 aliphatic rings. The third-order valence-electron chi connectivity index (χ3n) is 3.17. The van der Waals surface area contributed by atoms with Gasteiger partial charge in [-0.1, -0.05) is 12.8 Å². The van der Waals surface area contributed by atoms with Crippen molar-refractivity contribution < 1.29 is 13.9 Å². The number of hydrogen-bond acceptors (Lipinski definition) is 4. The maximum absolute atomic E-state index is 11.3. The molecule has 0 aliphatic heterocycles. The molecule has 0 aromatic carbocycles. The van der Waals surface area contributed by atoms with Gasteiger partial charge in [0.1, 0.15) is 0 Å². The number of carbonyl (C=O) groups excluding carboxylic acids is 1. The van der Waals surface area contributed by atoms with Gasteiger partial charge in [0.2, 0.25) is 0 Å². The van der Waals surface area contributed by atoms with Crippen LogP contribution in [0.25, 0.3) is 0 Å². The zero-order valence-corrected chi connectivity index (χ0v) is 9.78. The molecule has 0 saturated heterocycles. The summed E-state index contributed by atoms with van der Waals surface area (Å²) >= 11 is 0. The molecule has 17 heavy (non-hydrogen) atoms. The molecule has 2 rings (SSSR count). The van der Waals surface area contributed by atoms with E-state index < -0.39 is 5.91 Å². The van der Waals surface area contributed by atoms with E-state index in [-0.39, 0.29) is 5.76 Å². The first kappa shape index (κ1) is 12.1. The first-order valence-electron chi connectivity index (χ1n) is 5.96. The van der Waals surface area contributed by atoms with Crippen molar-refractivity contribution >= 4 is 5.91 Å². The topological polar surface area (TPSA) is 77.5 Å². The van der Waals surface area contributed by atoms with E-state index in [0.717, 1.165) is 12.2 Å². The van der Waals surface area contributed by atoms with E-state index in [0.29, 0.717) is 12.5 Å². The predicted octanol–water partition coefficient (Wildman–Crippen LogP) is 1.59. The number of hydrazine groups is 1. The van der Waals surface area contributed by atoms with Crippen molar-refractivity contribution in [2.45, 2.75) is 32.3 Å². The summed E-state index contributed by atoms with van der Waals surface area (Å²) in [6, 6.07) is 1.74. The van der Waals surface area contributed by atoms with Crippen LogP contribution in [0.3, 0.4) is 0 Å². The summed E-state index contributed by atoms with van der Waals surface area (Å²) in [6.07, 6.45) is 6.59. The van der Waals surface area contributed by atoms with Gasteiger partial charge >= 0.3 is 5.91 Å². The van der Waals surface area contributed by atoms with Gasteiger partial charge in [-0.25, -0.2) is 5.84 Å². The van der Waals surface area contributed by atoms with Crippen molar-refractivity contribution in [2.24, 2.45) is 11.8 Å². The summed E-state index contributed by atoms with van der Waals surface area (Å²) in [5, 5.41) is 0. The number of furan rings is 1. The number of ether oxygens (including phenoxy) is 1. The average Bonchev–Trinajstić information content (AvgIpc) is 2.99. The Bertz CT molecular complexity index is 370. The lowest BCUT2D eigenvalue weighted by Gasteiger charge is -2.09. The number of nitrogen functional groups attached to an aromatic ring is 1. The van der Waals surface area contributed by atoms with Gasteiger partial charge in [0.15, 0.2) is 5.76 Å². The van der Waals surface area contributed by atoms with Gasteiger partial charge in [0.25, 0.3) is 0 Å². The summed E-state index contributed by atoms with van der Waals surface area (Å²) in [6.45, 7) is 1.16. The van der Waals surface area contributed by atoms with Gasteiger partial charge in [-0.2, -0.15) is 0 Å². The quantitative estimate of drug-likeness (QED) is 0.464. The fourth-order valence-electron chi connectivity index (χ4n) is 2.23. The minimum absolute atomic E-state index is 0.235. The van der Waals surface area contributed by atoms with Crippen LogP contribution in [-0.2, 0) is 11.3 Å². The Morgan fingerprint density at radius 3 is 3.00 bits per heavy atom. The van der Waals surface area contributed by atoms with Crippen LogP contribution in [0, 0.1) is 5.92 Å². The Hall–Kier alpha value is -1.33. The monoisotopic (exact) mass is 238 g/mol. The molecule has 3 N–H and O–H groups in total. The zero-order chi connectivity index (χ0) is 12.1. The molecule has 0 radical (unpaired) electrons. The molecule has 0 atom stereocenters. The van der Waals surface area contributed by atoms with Gasteiger partial charge < -0.3 is 9.15 Å². The Labute approximate surface area is 100 Å². The average molecular weight is 238 g/mol. The number of amides is 1. The molecule has 1 amide bonds. The minimum atomic E-state index is -0.422. The normalized spacial score (nSPS) is 16.3. The van der Waals surface area contributed by atoms with Crippen LogP contribution in [0.1, 0.15) is 41.8 Å². The molecule has 1 aliphatic carbocycles. The number of rotatable bonds is 5. The van der Waals surface area contributed by atoms with E-state index in [2.05, 4.69) is 5.43 Å². The van der Waals surface area contributed by atoms with E-state index in [4.69, 9.17) is 15.0 Å². The van der Waals surface area contributed by atoms with Crippen molar-refractivity contribution in [3.05, 3.63) is 23.7 Å². The molecular weight excluding hydrogens is 220 g/mol. The second kappa shape index (κ2) is 5.84. The Kier molecular flexibility index (Phi) is 4.17. The van der Waals surface area contributed by atoms with Gasteiger partial charge in [-0.05, 0) is 24.8 Å². The maximum Gasteiger partial charge on any atom is 0.301 e. The van der Waals surface area contributed by atoms with Crippen LogP contribution in [0.5, 0.6) is 0 Å². The predicted molar refractivity (Wildman–Crippen MR) is 62.0 cm³/mol. The first-order valence-corrected chi connectivity index (χ1v) is 5.96. The molecule has 1 aromatic rings. The molecule has 1 fully saturated rings. The van der Waals surface area contributed by atoms with Gasteiger partial charge in [0, 0.05) is 12.2 Å². The van der Waals surface area contributed by atoms with Gasteiger partial charge in [0.05, 0.1) is 12.9 Å². The molecule has 1 heterocycles. The molecule has 0 bridgehead atoms. The third-order valence-corrected chi connectivity index (χ3v) is 3.17. The highest BCUT2D eigenvalue weighted by Gasteiger charge is 2.17. The summed E-state index contributed by atoms with van der Waals surface area (Å²) in [5.74, 6) is 5.55. The summed E-state index contributed by atoms with van der Waals surface area (Å²) < 4.78 is 10.7. The number of nitrogens with one attached hydrogen (secondary N) is 1. The summed E-state index contributed by atoms with van der Waals surface area (Å²) in [5.41, 5.74) is 2.79. The van der Waals surface area contributed by atoms with E-state index >= 15 is 0 Å². The van der Waals surface area contributed by atoms with Crippen molar-refractivity contribution in [3.8, 4) is 0 Å². The van der Waals surface area contributed by atoms with Crippen LogP contribution in [0.15, 0.2) is 16.7 Å². The van der Waals surface area contributed by atoms with Crippen LogP contribution >= 0.6 is 0 Å². The molecule has 5 nitrogen and oxygen atoms in total. The number of hydrogen-bond donors (Lipinski definition) is 2. The van der Waals surface area contributed by atoms with Crippen LogP contribution in [-0.4, -0.2) is 12.5 Å². The van der Waals surface area contributed by atoms with Crippen molar-refractivity contribution in [3.63, 3.8) is 0 Å². The molecular formula is C12H18N2O3. The fourth-order valence-corrected chi connectivity index (χ4v) is 2.23. The van der Waals surface area contributed by atoms with E-state index in [1.165, 1.54) is 31.9 Å². The highest BCUT2D eigenvalue weighted by atomic mass is 16.5. The second-order valence-corrected chi connectivity index (χ2v) is 4.41. The summed E-state index contributed by atoms with van der Waals surface area (Å²) in [4.78, 5) is 11.3. The van der Waals surface area contributed by atoms with Gasteiger partial charge in [-0.3, -0.25) is 10.2 Å². The lowest BCUT2D eigenvalue weighted by atomic mass is 10.1. The van der Waals surface area contributed by atoms with Crippen molar-refractivity contribution in [2.75, 3.05) is 6.61 Å². The lowest BCUT2D eigenvalue weighted by Crippen LogP contribution is -2.30. The number of carbonyl (C=O) groups is 1. The molecule has 94 valence electrons.